The van der Waals surface area contributed by atoms with E-state index in [9.17, 15) is 13.2 Å². The van der Waals surface area contributed by atoms with Crippen molar-refractivity contribution < 1.29 is 17.9 Å². The van der Waals surface area contributed by atoms with Gasteiger partial charge in [0.1, 0.15) is 12.3 Å². The molecule has 4 aliphatic rings. The molecule has 0 atom stereocenters. The first kappa shape index (κ1) is 23.5. The highest BCUT2D eigenvalue weighted by molar-refractivity contribution is 7.92. The molecule has 6 rings (SSSR count). The van der Waals surface area contributed by atoms with Gasteiger partial charge in [0.05, 0.1) is 24.7 Å². The second kappa shape index (κ2) is 8.76. The number of carbonyl (C=O) groups excluding carboxylic acids is 1. The van der Waals surface area contributed by atoms with Crippen LogP contribution in [0.25, 0.3) is 0 Å². The average Bonchev–Trinajstić information content (AvgIpc) is 2.76. The minimum atomic E-state index is -3.67. The monoisotopic (exact) mass is 502 g/mol. The van der Waals surface area contributed by atoms with Gasteiger partial charge in [-0.1, -0.05) is 23.7 Å². The Kier molecular flexibility index (Phi) is 6.05. The molecule has 4 aliphatic carbocycles. The van der Waals surface area contributed by atoms with E-state index in [4.69, 9.17) is 16.3 Å². The maximum absolute atomic E-state index is 12.8. The van der Waals surface area contributed by atoms with Crippen molar-refractivity contribution in [2.24, 2.45) is 17.8 Å². The summed E-state index contributed by atoms with van der Waals surface area (Å²) in [5.41, 5.74) is 2.44. The van der Waals surface area contributed by atoms with Crippen LogP contribution in [0.1, 0.15) is 44.1 Å². The van der Waals surface area contributed by atoms with Gasteiger partial charge in [0.15, 0.2) is 0 Å². The molecule has 0 unspecified atom stereocenters. The topological polar surface area (TPSA) is 75.7 Å². The largest absolute Gasteiger partial charge is 0.495 e. The Morgan fingerprint density at radius 3 is 2.18 bits per heavy atom. The lowest BCUT2D eigenvalue weighted by Gasteiger charge is -2.57. The zero-order chi connectivity index (χ0) is 24.1. The van der Waals surface area contributed by atoms with E-state index in [2.05, 4.69) is 17.4 Å². The van der Waals surface area contributed by atoms with Crippen LogP contribution in [0, 0.1) is 17.8 Å². The number of hydrogen-bond donors (Lipinski definition) is 1. The SMILES string of the molecule is COc1ccc(Cl)cc1NC(=O)CN(c1ccc(C23CC4CC(CC(C4)C2)C3)cc1)S(C)(=O)=O. The number of amides is 1. The third-order valence-electron chi connectivity index (χ3n) is 7.93. The second-order valence-corrected chi connectivity index (χ2v) is 12.8. The number of ether oxygens (including phenoxy) is 1. The Morgan fingerprint density at radius 2 is 1.65 bits per heavy atom. The smallest absolute Gasteiger partial charge is 0.245 e. The molecule has 2 aromatic rings. The Balaban J connectivity index is 1.35. The summed E-state index contributed by atoms with van der Waals surface area (Å²) >= 11 is 6.05. The van der Waals surface area contributed by atoms with Crippen molar-refractivity contribution in [1.29, 1.82) is 0 Å². The summed E-state index contributed by atoms with van der Waals surface area (Å²) in [7, 11) is -2.18. The van der Waals surface area contributed by atoms with E-state index in [-0.39, 0.29) is 12.0 Å². The van der Waals surface area contributed by atoms with Crippen LogP contribution in [0.5, 0.6) is 5.75 Å². The highest BCUT2D eigenvalue weighted by atomic mass is 35.5. The van der Waals surface area contributed by atoms with Crippen LogP contribution in [0.2, 0.25) is 5.02 Å². The van der Waals surface area contributed by atoms with E-state index in [0.717, 1.165) is 28.3 Å². The number of sulfonamides is 1. The first-order valence-electron chi connectivity index (χ1n) is 11.9. The summed E-state index contributed by atoms with van der Waals surface area (Å²) in [6.07, 6.45) is 9.00. The lowest BCUT2D eigenvalue weighted by Crippen LogP contribution is -2.48. The summed E-state index contributed by atoms with van der Waals surface area (Å²) in [4.78, 5) is 12.8. The van der Waals surface area contributed by atoms with Crippen molar-refractivity contribution in [2.45, 2.75) is 43.9 Å². The number of anilines is 2. The molecule has 182 valence electrons. The molecule has 0 spiro atoms. The van der Waals surface area contributed by atoms with E-state index >= 15 is 0 Å². The molecule has 4 bridgehead atoms. The third-order valence-corrected chi connectivity index (χ3v) is 9.30. The molecule has 4 fully saturated rings. The molecule has 1 N–H and O–H groups in total. The standard InChI is InChI=1S/C26H31ClN2O4S/c1-33-24-8-5-21(27)12-23(24)28-25(30)16-29(34(2,31)32)22-6-3-20(4-7-22)26-13-17-9-18(14-26)11-19(10-17)15-26/h3-8,12,17-19H,9-11,13-16H2,1-2H3,(H,28,30). The van der Waals surface area contributed by atoms with Gasteiger partial charge in [0.2, 0.25) is 15.9 Å². The van der Waals surface area contributed by atoms with Crippen LogP contribution in [0.4, 0.5) is 11.4 Å². The second-order valence-electron chi connectivity index (χ2n) is 10.4. The van der Waals surface area contributed by atoms with Crippen LogP contribution in [-0.2, 0) is 20.2 Å². The van der Waals surface area contributed by atoms with E-state index in [0.29, 0.717) is 22.1 Å². The number of nitrogens with zero attached hydrogens (tertiary/aromatic N) is 1. The van der Waals surface area contributed by atoms with E-state index in [1.165, 1.54) is 51.2 Å². The number of benzene rings is 2. The molecule has 0 saturated heterocycles. The number of carbonyl (C=O) groups is 1. The van der Waals surface area contributed by atoms with Gasteiger partial charge in [-0.3, -0.25) is 9.10 Å². The number of rotatable bonds is 7. The van der Waals surface area contributed by atoms with Gasteiger partial charge in [0.25, 0.3) is 0 Å². The highest BCUT2D eigenvalue weighted by Gasteiger charge is 2.51. The molecule has 8 heteroatoms. The number of halogens is 1. The van der Waals surface area contributed by atoms with Crippen molar-refractivity contribution >= 4 is 38.9 Å². The fraction of sp³-hybridized carbons (Fsp3) is 0.500. The quantitative estimate of drug-likeness (QED) is 0.563. The van der Waals surface area contributed by atoms with Gasteiger partial charge in [-0.25, -0.2) is 8.42 Å². The Morgan fingerprint density at radius 1 is 1.06 bits per heavy atom. The fourth-order valence-corrected chi connectivity index (χ4v) is 7.97. The zero-order valence-corrected chi connectivity index (χ0v) is 21.2. The van der Waals surface area contributed by atoms with Crippen molar-refractivity contribution in [1.82, 2.24) is 0 Å². The average molecular weight is 503 g/mol. The van der Waals surface area contributed by atoms with Crippen molar-refractivity contribution in [3.8, 4) is 5.75 Å². The number of hydrogen-bond acceptors (Lipinski definition) is 4. The Bertz CT molecular complexity index is 1160. The molecule has 1 amide bonds. The molecular weight excluding hydrogens is 472 g/mol. The predicted octanol–water partition coefficient (Wildman–Crippen LogP) is 5.22. The fourth-order valence-electron chi connectivity index (χ4n) is 6.94. The molecule has 4 saturated carbocycles. The van der Waals surface area contributed by atoms with E-state index in [1.807, 2.05) is 12.1 Å². The van der Waals surface area contributed by atoms with Crippen LogP contribution >= 0.6 is 11.6 Å². The van der Waals surface area contributed by atoms with Crippen LogP contribution in [-0.4, -0.2) is 34.2 Å². The molecule has 34 heavy (non-hydrogen) atoms. The summed E-state index contributed by atoms with van der Waals surface area (Å²) in [6.45, 7) is -0.342. The molecule has 6 nitrogen and oxygen atoms in total. The maximum atomic E-state index is 12.8. The Hall–Kier alpha value is -2.25. The summed E-state index contributed by atoms with van der Waals surface area (Å²) < 4.78 is 31.6. The maximum Gasteiger partial charge on any atom is 0.245 e. The van der Waals surface area contributed by atoms with E-state index in [1.54, 1.807) is 18.2 Å². The van der Waals surface area contributed by atoms with Gasteiger partial charge >= 0.3 is 0 Å². The normalized spacial score (nSPS) is 27.4. The molecule has 2 aromatic carbocycles. The highest BCUT2D eigenvalue weighted by Crippen LogP contribution is 2.60. The number of nitrogens with one attached hydrogen (secondary N) is 1. The first-order chi connectivity index (χ1) is 16.1. The van der Waals surface area contributed by atoms with Gasteiger partial charge < -0.3 is 10.1 Å². The lowest BCUT2D eigenvalue weighted by molar-refractivity contribution is -0.114. The summed E-state index contributed by atoms with van der Waals surface area (Å²) in [5, 5.41) is 3.16. The van der Waals surface area contributed by atoms with Gasteiger partial charge in [0, 0.05) is 5.02 Å². The first-order valence-corrected chi connectivity index (χ1v) is 14.1. The number of methoxy groups -OCH3 is 1. The van der Waals surface area contributed by atoms with Crippen molar-refractivity contribution in [3.63, 3.8) is 0 Å². The van der Waals surface area contributed by atoms with Crippen molar-refractivity contribution in [2.75, 3.05) is 29.5 Å². The molecule has 0 radical (unpaired) electrons. The molecule has 0 aliphatic heterocycles. The zero-order valence-electron chi connectivity index (χ0n) is 19.6. The van der Waals surface area contributed by atoms with Crippen molar-refractivity contribution in [3.05, 3.63) is 53.1 Å². The predicted molar refractivity (Wildman–Crippen MR) is 135 cm³/mol. The summed E-state index contributed by atoms with van der Waals surface area (Å²) in [5.74, 6) is 2.49. The van der Waals surface area contributed by atoms with E-state index < -0.39 is 15.9 Å². The minimum Gasteiger partial charge on any atom is -0.495 e. The summed E-state index contributed by atoms with van der Waals surface area (Å²) in [6, 6.07) is 12.7. The van der Waals surface area contributed by atoms with Gasteiger partial charge in [-0.2, -0.15) is 0 Å². The van der Waals surface area contributed by atoms with Crippen LogP contribution < -0.4 is 14.4 Å². The van der Waals surface area contributed by atoms with Gasteiger partial charge in [-0.05, 0) is 97.6 Å². The molecular formula is C26H31ClN2O4S. The third kappa shape index (κ3) is 4.52. The molecule has 0 aromatic heterocycles. The Labute approximate surface area is 206 Å². The van der Waals surface area contributed by atoms with Gasteiger partial charge in [-0.15, -0.1) is 0 Å². The lowest BCUT2D eigenvalue weighted by atomic mass is 9.48. The van der Waals surface area contributed by atoms with Crippen LogP contribution in [0.15, 0.2) is 42.5 Å². The minimum absolute atomic E-state index is 0.240. The van der Waals surface area contributed by atoms with Crippen LogP contribution in [0.3, 0.4) is 0 Å². The molecule has 0 heterocycles.